The number of piperazine rings is 1. The van der Waals surface area contributed by atoms with Gasteiger partial charge in [-0.05, 0) is 56.7 Å². The lowest BCUT2D eigenvalue weighted by Crippen LogP contribution is -2.49. The molecule has 1 aromatic heterocycles. The van der Waals surface area contributed by atoms with E-state index in [-0.39, 0.29) is 0 Å². The Kier molecular flexibility index (Phi) is 8.09. The lowest BCUT2D eigenvalue weighted by molar-refractivity contribution is 0.309. The Labute approximate surface area is 185 Å². The Bertz CT molecular complexity index is 907. The highest BCUT2D eigenvalue weighted by Gasteiger charge is 2.29. The van der Waals surface area contributed by atoms with Crippen LogP contribution in [0.25, 0.3) is 0 Å². The van der Waals surface area contributed by atoms with Crippen LogP contribution in [-0.2, 0) is 10.0 Å². The van der Waals surface area contributed by atoms with Crippen LogP contribution < -0.4 is 14.5 Å². The summed E-state index contributed by atoms with van der Waals surface area (Å²) in [6.07, 6.45) is 2.04. The first-order valence-corrected chi connectivity index (χ1v) is 12.5. The third kappa shape index (κ3) is 5.65. The van der Waals surface area contributed by atoms with Crippen molar-refractivity contribution in [3.05, 3.63) is 36.4 Å². The van der Waals surface area contributed by atoms with Crippen molar-refractivity contribution in [2.24, 2.45) is 0 Å². The summed E-state index contributed by atoms with van der Waals surface area (Å²) < 4.78 is 33.2. The molecule has 0 atom stereocenters. The molecule has 0 saturated carbocycles. The van der Waals surface area contributed by atoms with Crippen LogP contribution in [0.15, 0.2) is 41.3 Å². The Morgan fingerprint density at radius 3 is 2.16 bits per heavy atom. The van der Waals surface area contributed by atoms with Crippen molar-refractivity contribution in [3.8, 4) is 5.75 Å². The van der Waals surface area contributed by atoms with Gasteiger partial charge in [-0.25, -0.2) is 8.42 Å². The van der Waals surface area contributed by atoms with Crippen LogP contribution >= 0.6 is 0 Å². The van der Waals surface area contributed by atoms with Crippen molar-refractivity contribution in [1.82, 2.24) is 14.5 Å². The summed E-state index contributed by atoms with van der Waals surface area (Å²) >= 11 is 0. The predicted molar refractivity (Wildman–Crippen MR) is 123 cm³/mol. The molecule has 8 nitrogen and oxygen atoms in total. The van der Waals surface area contributed by atoms with Crippen LogP contribution in [0.1, 0.15) is 33.6 Å². The second-order valence-corrected chi connectivity index (χ2v) is 9.42. The number of benzene rings is 1. The van der Waals surface area contributed by atoms with Crippen LogP contribution in [0.4, 0.5) is 11.6 Å². The van der Waals surface area contributed by atoms with Gasteiger partial charge in [0.25, 0.3) is 0 Å². The summed E-state index contributed by atoms with van der Waals surface area (Å²) in [7, 11) is -3.53. The van der Waals surface area contributed by atoms with Gasteiger partial charge in [0.2, 0.25) is 10.0 Å². The fourth-order valence-electron chi connectivity index (χ4n) is 3.55. The van der Waals surface area contributed by atoms with Crippen molar-refractivity contribution in [2.45, 2.75) is 38.5 Å². The molecule has 0 amide bonds. The van der Waals surface area contributed by atoms with E-state index in [0.29, 0.717) is 43.4 Å². The highest BCUT2D eigenvalue weighted by Crippen LogP contribution is 2.23. The minimum absolute atomic E-state index is 0.298. The number of anilines is 2. The predicted octanol–water partition coefficient (Wildman–Crippen LogP) is 3.01. The fraction of sp³-hybridized carbons (Fsp3) is 0.545. The summed E-state index contributed by atoms with van der Waals surface area (Å²) in [5.74, 6) is 2.34. The SMILES string of the molecule is CCCCOc1ccc(S(=O)(=O)N2CCN(c3ccc(N(CC)CC)nn3)CC2)cc1. The average molecular weight is 448 g/mol. The van der Waals surface area contributed by atoms with E-state index in [4.69, 9.17) is 4.74 Å². The number of hydrogen-bond acceptors (Lipinski definition) is 7. The average Bonchev–Trinajstić information content (AvgIpc) is 2.81. The molecule has 1 saturated heterocycles. The monoisotopic (exact) mass is 447 g/mol. The van der Waals surface area contributed by atoms with Crippen molar-refractivity contribution in [2.75, 3.05) is 55.7 Å². The summed E-state index contributed by atoms with van der Waals surface area (Å²) in [6, 6.07) is 10.6. The Balaban J connectivity index is 1.59. The van der Waals surface area contributed by atoms with E-state index in [1.807, 2.05) is 12.1 Å². The summed E-state index contributed by atoms with van der Waals surface area (Å²) in [6.45, 7) is 10.7. The summed E-state index contributed by atoms with van der Waals surface area (Å²) in [5, 5.41) is 8.69. The van der Waals surface area contributed by atoms with Gasteiger partial charge < -0.3 is 14.5 Å². The molecule has 170 valence electrons. The van der Waals surface area contributed by atoms with Gasteiger partial charge in [-0.1, -0.05) is 13.3 Å². The molecule has 9 heteroatoms. The molecule has 1 aliphatic rings. The zero-order valence-corrected chi connectivity index (χ0v) is 19.5. The van der Waals surface area contributed by atoms with E-state index in [1.54, 1.807) is 24.3 Å². The maximum atomic E-state index is 13.0. The lowest BCUT2D eigenvalue weighted by atomic mass is 10.3. The number of aromatic nitrogens is 2. The fourth-order valence-corrected chi connectivity index (χ4v) is 4.97. The van der Waals surface area contributed by atoms with Gasteiger partial charge >= 0.3 is 0 Å². The topological polar surface area (TPSA) is 78.9 Å². The van der Waals surface area contributed by atoms with Crippen LogP contribution in [0.2, 0.25) is 0 Å². The number of ether oxygens (including phenoxy) is 1. The van der Waals surface area contributed by atoms with Gasteiger partial charge in [0.15, 0.2) is 11.6 Å². The minimum Gasteiger partial charge on any atom is -0.494 e. The van der Waals surface area contributed by atoms with E-state index in [1.165, 1.54) is 4.31 Å². The second-order valence-electron chi connectivity index (χ2n) is 7.49. The van der Waals surface area contributed by atoms with E-state index in [9.17, 15) is 8.42 Å². The Hall–Kier alpha value is -2.39. The van der Waals surface area contributed by atoms with Crippen LogP contribution in [-0.4, -0.2) is 68.8 Å². The first-order chi connectivity index (χ1) is 15.0. The molecule has 0 unspecified atom stereocenters. The Morgan fingerprint density at radius 1 is 0.935 bits per heavy atom. The molecule has 2 heterocycles. The van der Waals surface area contributed by atoms with Crippen molar-refractivity contribution < 1.29 is 13.2 Å². The van der Waals surface area contributed by atoms with E-state index in [2.05, 4.69) is 40.8 Å². The van der Waals surface area contributed by atoms with Crippen LogP contribution in [0.3, 0.4) is 0 Å². The molecule has 3 rings (SSSR count). The number of rotatable bonds is 10. The maximum Gasteiger partial charge on any atom is 0.243 e. The molecule has 1 aromatic carbocycles. The highest BCUT2D eigenvalue weighted by atomic mass is 32.2. The number of sulfonamides is 1. The van der Waals surface area contributed by atoms with Gasteiger partial charge in [0.05, 0.1) is 11.5 Å². The molecule has 1 fully saturated rings. The van der Waals surface area contributed by atoms with Crippen molar-refractivity contribution in [1.29, 1.82) is 0 Å². The minimum atomic E-state index is -3.53. The molecule has 0 aliphatic carbocycles. The molecular weight excluding hydrogens is 414 g/mol. The summed E-state index contributed by atoms with van der Waals surface area (Å²) in [5.41, 5.74) is 0. The normalized spacial score (nSPS) is 15.1. The van der Waals surface area contributed by atoms with Gasteiger partial charge in [-0.2, -0.15) is 4.31 Å². The zero-order chi connectivity index (χ0) is 22.3. The van der Waals surface area contributed by atoms with Gasteiger partial charge in [-0.3, -0.25) is 0 Å². The molecule has 0 N–H and O–H groups in total. The van der Waals surface area contributed by atoms with E-state index in [0.717, 1.165) is 37.6 Å². The first-order valence-electron chi connectivity index (χ1n) is 11.1. The van der Waals surface area contributed by atoms with Gasteiger partial charge in [-0.15, -0.1) is 10.2 Å². The first kappa shape index (κ1) is 23.3. The molecular formula is C22H33N5O3S. The highest BCUT2D eigenvalue weighted by molar-refractivity contribution is 7.89. The molecule has 31 heavy (non-hydrogen) atoms. The molecule has 1 aliphatic heterocycles. The standard InChI is InChI=1S/C22H33N5O3S/c1-4-7-18-30-19-8-10-20(11-9-19)31(28,29)27-16-14-26(15-17-27)22-13-12-21(23-24-22)25(5-2)6-3/h8-13H,4-7,14-18H2,1-3H3. The third-order valence-corrected chi connectivity index (χ3v) is 7.43. The quantitative estimate of drug-likeness (QED) is 0.518. The van der Waals surface area contributed by atoms with Crippen molar-refractivity contribution >= 4 is 21.7 Å². The van der Waals surface area contributed by atoms with Gasteiger partial charge in [0.1, 0.15) is 5.75 Å². The van der Waals surface area contributed by atoms with E-state index >= 15 is 0 Å². The summed E-state index contributed by atoms with van der Waals surface area (Å²) in [4.78, 5) is 4.52. The molecule has 0 bridgehead atoms. The van der Waals surface area contributed by atoms with Crippen LogP contribution in [0, 0.1) is 0 Å². The number of nitrogens with zero attached hydrogens (tertiary/aromatic N) is 5. The third-order valence-electron chi connectivity index (χ3n) is 5.51. The molecule has 0 spiro atoms. The van der Waals surface area contributed by atoms with E-state index < -0.39 is 10.0 Å². The van der Waals surface area contributed by atoms with Gasteiger partial charge in [0, 0.05) is 39.3 Å². The Morgan fingerprint density at radius 2 is 1.61 bits per heavy atom. The molecule has 2 aromatic rings. The lowest BCUT2D eigenvalue weighted by Gasteiger charge is -2.34. The molecule has 0 radical (unpaired) electrons. The smallest absolute Gasteiger partial charge is 0.243 e. The zero-order valence-electron chi connectivity index (χ0n) is 18.7. The largest absolute Gasteiger partial charge is 0.494 e. The maximum absolute atomic E-state index is 13.0. The number of hydrogen-bond donors (Lipinski definition) is 0. The second kappa shape index (κ2) is 10.8. The van der Waals surface area contributed by atoms with Crippen LogP contribution in [0.5, 0.6) is 5.75 Å². The van der Waals surface area contributed by atoms with Crippen molar-refractivity contribution in [3.63, 3.8) is 0 Å². The number of unbranched alkanes of at least 4 members (excludes halogenated alkanes) is 1.